The van der Waals surface area contributed by atoms with E-state index in [1.54, 1.807) is 0 Å². The van der Waals surface area contributed by atoms with E-state index in [0.717, 1.165) is 0 Å². The number of benzene rings is 1. The Balaban J connectivity index is 2.70. The summed E-state index contributed by atoms with van der Waals surface area (Å²) < 4.78 is 2.18. The van der Waals surface area contributed by atoms with Gasteiger partial charge in [0.15, 0.2) is 0 Å². The highest BCUT2D eigenvalue weighted by Gasteiger charge is 2.01. The number of para-hydroxylation sites is 1. The predicted octanol–water partition coefficient (Wildman–Crippen LogP) is 3.04. The molecule has 1 unspecified atom stereocenters. The van der Waals surface area contributed by atoms with Crippen LogP contribution in [-0.4, -0.2) is 4.57 Å². The van der Waals surface area contributed by atoms with Crippen LogP contribution < -0.4 is 0 Å². The maximum atomic E-state index is 3.99. The van der Waals surface area contributed by atoms with Gasteiger partial charge in [-0.1, -0.05) is 18.2 Å². The average molecular weight is 158 g/mol. The Kier molecular flexibility index (Phi) is 1.65. The zero-order valence-electron chi connectivity index (χ0n) is 7.20. The van der Waals surface area contributed by atoms with Crippen molar-refractivity contribution in [2.45, 2.75) is 13.0 Å². The van der Waals surface area contributed by atoms with Gasteiger partial charge < -0.3 is 4.57 Å². The number of rotatable bonds is 1. The molecular weight excluding hydrogens is 146 g/mol. The molecule has 2 aromatic rings. The molecule has 0 saturated carbocycles. The first-order valence-corrected chi connectivity index (χ1v) is 4.17. The predicted molar refractivity (Wildman–Crippen MR) is 52.0 cm³/mol. The van der Waals surface area contributed by atoms with E-state index >= 15 is 0 Å². The lowest BCUT2D eigenvalue weighted by Gasteiger charge is -2.08. The highest BCUT2D eigenvalue weighted by atomic mass is 15.0. The molecule has 1 nitrogen and oxygen atoms in total. The summed E-state index contributed by atoms with van der Waals surface area (Å²) in [5.74, 6) is 0. The molecule has 0 aliphatic heterocycles. The van der Waals surface area contributed by atoms with Gasteiger partial charge in [-0.25, -0.2) is 0 Å². The molecule has 1 aromatic carbocycles. The summed E-state index contributed by atoms with van der Waals surface area (Å²) >= 11 is 0. The number of aromatic nitrogens is 1. The van der Waals surface area contributed by atoms with Crippen LogP contribution >= 0.6 is 0 Å². The minimum Gasteiger partial charge on any atom is -0.345 e. The molecule has 0 amide bonds. The molecule has 1 radical (unpaired) electrons. The molecule has 1 atom stereocenters. The number of nitrogens with zero attached hydrogens (tertiary/aromatic N) is 1. The molecule has 0 spiro atoms. The molecule has 0 aliphatic rings. The molecule has 0 saturated heterocycles. The summed E-state index contributed by atoms with van der Waals surface area (Å²) in [6, 6.07) is 10.8. The Labute approximate surface area is 72.6 Å². The van der Waals surface area contributed by atoms with E-state index in [0.29, 0.717) is 6.04 Å². The van der Waals surface area contributed by atoms with E-state index in [4.69, 9.17) is 0 Å². The fourth-order valence-electron chi connectivity index (χ4n) is 1.49. The SMILES string of the molecule is [CH2]C(C)n1ccc2ccccc21. The number of hydrogen-bond donors (Lipinski definition) is 0. The maximum Gasteiger partial charge on any atom is 0.0482 e. The van der Waals surface area contributed by atoms with E-state index in [-0.39, 0.29) is 0 Å². The Morgan fingerprint density at radius 3 is 2.75 bits per heavy atom. The third-order valence-corrected chi connectivity index (χ3v) is 2.10. The first kappa shape index (κ1) is 7.41. The maximum absolute atomic E-state index is 3.99. The van der Waals surface area contributed by atoms with Gasteiger partial charge in [0.2, 0.25) is 0 Å². The molecule has 0 aliphatic carbocycles. The van der Waals surface area contributed by atoms with Crippen molar-refractivity contribution >= 4 is 10.9 Å². The molecule has 12 heavy (non-hydrogen) atoms. The quantitative estimate of drug-likeness (QED) is 0.601. The summed E-state index contributed by atoms with van der Waals surface area (Å²) in [7, 11) is 0. The third kappa shape index (κ3) is 1.02. The summed E-state index contributed by atoms with van der Waals surface area (Å²) in [5, 5.41) is 1.29. The summed E-state index contributed by atoms with van der Waals surface area (Å²) in [5.41, 5.74) is 1.26. The van der Waals surface area contributed by atoms with Crippen molar-refractivity contribution in [1.82, 2.24) is 4.57 Å². The van der Waals surface area contributed by atoms with E-state index in [1.807, 2.05) is 0 Å². The molecular formula is C11H12N. The summed E-state index contributed by atoms with van der Waals surface area (Å²) in [4.78, 5) is 0. The Morgan fingerprint density at radius 1 is 1.25 bits per heavy atom. The fourth-order valence-corrected chi connectivity index (χ4v) is 1.49. The van der Waals surface area contributed by atoms with Crippen molar-refractivity contribution in [3.8, 4) is 0 Å². The Morgan fingerprint density at radius 2 is 2.00 bits per heavy atom. The van der Waals surface area contributed by atoms with Crippen molar-refractivity contribution in [2.75, 3.05) is 0 Å². The fraction of sp³-hybridized carbons (Fsp3) is 0.182. The molecule has 0 fully saturated rings. The second kappa shape index (κ2) is 2.67. The van der Waals surface area contributed by atoms with E-state index in [9.17, 15) is 0 Å². The Bertz CT molecular complexity index is 385. The van der Waals surface area contributed by atoms with Crippen molar-refractivity contribution in [2.24, 2.45) is 0 Å². The summed E-state index contributed by atoms with van der Waals surface area (Å²) in [6.07, 6.45) is 2.09. The van der Waals surface area contributed by atoms with Gasteiger partial charge in [-0.15, -0.1) is 0 Å². The van der Waals surface area contributed by atoms with Crippen LogP contribution in [0.5, 0.6) is 0 Å². The van der Waals surface area contributed by atoms with Crippen LogP contribution in [0.3, 0.4) is 0 Å². The zero-order chi connectivity index (χ0) is 8.55. The lowest BCUT2D eigenvalue weighted by atomic mass is 10.2. The second-order valence-electron chi connectivity index (χ2n) is 3.13. The van der Waals surface area contributed by atoms with E-state index in [1.165, 1.54) is 10.9 Å². The van der Waals surface area contributed by atoms with Crippen LogP contribution in [0.15, 0.2) is 36.5 Å². The molecule has 2 rings (SSSR count). The molecule has 0 bridgehead atoms. The van der Waals surface area contributed by atoms with E-state index in [2.05, 4.69) is 54.9 Å². The number of fused-ring (bicyclic) bond motifs is 1. The highest BCUT2D eigenvalue weighted by Crippen LogP contribution is 2.18. The molecule has 1 heterocycles. The van der Waals surface area contributed by atoms with Gasteiger partial charge in [0, 0.05) is 17.8 Å². The standard InChI is InChI=1S/C11H12N/c1-9(2)12-8-7-10-5-3-4-6-11(10)12/h3-9H,1H2,2H3. The first-order valence-electron chi connectivity index (χ1n) is 4.17. The highest BCUT2D eigenvalue weighted by molar-refractivity contribution is 5.80. The van der Waals surface area contributed by atoms with Crippen LogP contribution in [-0.2, 0) is 0 Å². The van der Waals surface area contributed by atoms with Crippen molar-refractivity contribution in [1.29, 1.82) is 0 Å². The average Bonchev–Trinajstić information content (AvgIpc) is 2.47. The van der Waals surface area contributed by atoms with Gasteiger partial charge >= 0.3 is 0 Å². The molecule has 1 aromatic heterocycles. The topological polar surface area (TPSA) is 4.93 Å². The zero-order valence-corrected chi connectivity index (χ0v) is 7.20. The van der Waals surface area contributed by atoms with Gasteiger partial charge in [0.25, 0.3) is 0 Å². The molecule has 61 valence electrons. The summed E-state index contributed by atoms with van der Waals surface area (Å²) in [6.45, 7) is 6.08. The van der Waals surface area contributed by atoms with Gasteiger partial charge in [0.05, 0.1) is 0 Å². The smallest absolute Gasteiger partial charge is 0.0482 e. The normalized spacial score (nSPS) is 11.2. The van der Waals surface area contributed by atoms with Crippen LogP contribution in [0.1, 0.15) is 13.0 Å². The first-order chi connectivity index (χ1) is 5.79. The van der Waals surface area contributed by atoms with Gasteiger partial charge in [0.1, 0.15) is 0 Å². The monoisotopic (exact) mass is 158 g/mol. The van der Waals surface area contributed by atoms with Crippen molar-refractivity contribution < 1.29 is 0 Å². The van der Waals surface area contributed by atoms with E-state index < -0.39 is 0 Å². The lowest BCUT2D eigenvalue weighted by molar-refractivity contribution is 0.684. The Hall–Kier alpha value is -1.24. The van der Waals surface area contributed by atoms with Crippen LogP contribution in [0.2, 0.25) is 0 Å². The van der Waals surface area contributed by atoms with Crippen LogP contribution in [0, 0.1) is 6.92 Å². The second-order valence-corrected chi connectivity index (χ2v) is 3.13. The van der Waals surface area contributed by atoms with Gasteiger partial charge in [-0.2, -0.15) is 0 Å². The van der Waals surface area contributed by atoms with Crippen molar-refractivity contribution in [3.63, 3.8) is 0 Å². The molecule has 0 N–H and O–H groups in total. The van der Waals surface area contributed by atoms with Crippen LogP contribution in [0.25, 0.3) is 10.9 Å². The molecule has 1 heteroatoms. The van der Waals surface area contributed by atoms with Gasteiger partial charge in [-0.3, -0.25) is 0 Å². The largest absolute Gasteiger partial charge is 0.345 e. The van der Waals surface area contributed by atoms with Gasteiger partial charge in [-0.05, 0) is 31.4 Å². The number of hydrogen-bond acceptors (Lipinski definition) is 0. The minimum absolute atomic E-state index is 0.296. The third-order valence-electron chi connectivity index (χ3n) is 2.10. The minimum atomic E-state index is 0.296. The lowest BCUT2D eigenvalue weighted by Crippen LogP contribution is -1.97. The van der Waals surface area contributed by atoms with Crippen LogP contribution in [0.4, 0.5) is 0 Å². The van der Waals surface area contributed by atoms with Crippen molar-refractivity contribution in [3.05, 3.63) is 43.5 Å².